The first-order chi connectivity index (χ1) is 8.69. The first kappa shape index (κ1) is 17.4. The van der Waals surface area contributed by atoms with Crippen molar-refractivity contribution in [2.45, 2.75) is 65.7 Å². The fraction of sp³-hybridized carbons (Fsp3) is 0.933. The summed E-state index contributed by atoms with van der Waals surface area (Å²) >= 11 is 0. The van der Waals surface area contributed by atoms with Crippen molar-refractivity contribution >= 4 is 5.91 Å². The van der Waals surface area contributed by atoms with Gasteiger partial charge in [0.05, 0.1) is 0 Å². The first-order valence-corrected chi connectivity index (χ1v) is 7.58. The molecule has 3 heteroatoms. The standard InChI is InChI=1S/C15H31NO2/c1-4-7-13(10-11-17)12-16-15(18)14(8-5-2)9-6-3/h13-14,17H,4-12H2,1-3H3,(H,16,18). The SMILES string of the molecule is CCCC(CCO)CNC(=O)C(CCC)CCC. The summed E-state index contributed by atoms with van der Waals surface area (Å²) in [6, 6.07) is 0. The predicted molar refractivity (Wildman–Crippen MR) is 76.4 cm³/mol. The van der Waals surface area contributed by atoms with Gasteiger partial charge in [-0.05, 0) is 31.6 Å². The molecule has 1 amide bonds. The van der Waals surface area contributed by atoms with Gasteiger partial charge < -0.3 is 10.4 Å². The molecule has 0 bridgehead atoms. The number of amides is 1. The number of hydrogen-bond acceptors (Lipinski definition) is 2. The van der Waals surface area contributed by atoms with E-state index in [4.69, 9.17) is 5.11 Å². The normalized spacial score (nSPS) is 12.7. The third kappa shape index (κ3) is 7.70. The summed E-state index contributed by atoms with van der Waals surface area (Å²) in [5, 5.41) is 12.1. The van der Waals surface area contributed by atoms with Gasteiger partial charge in [-0.1, -0.05) is 40.0 Å². The lowest BCUT2D eigenvalue weighted by Crippen LogP contribution is -2.34. The van der Waals surface area contributed by atoms with E-state index in [-0.39, 0.29) is 18.4 Å². The van der Waals surface area contributed by atoms with Crippen LogP contribution in [0.4, 0.5) is 0 Å². The third-order valence-corrected chi connectivity index (χ3v) is 3.44. The molecule has 0 saturated carbocycles. The summed E-state index contributed by atoms with van der Waals surface area (Å²) in [4.78, 5) is 12.1. The smallest absolute Gasteiger partial charge is 0.223 e. The number of hydrogen-bond donors (Lipinski definition) is 2. The van der Waals surface area contributed by atoms with Crippen LogP contribution in [-0.2, 0) is 4.79 Å². The van der Waals surface area contributed by atoms with Crippen LogP contribution in [0.1, 0.15) is 65.7 Å². The van der Waals surface area contributed by atoms with Crippen LogP contribution in [0.5, 0.6) is 0 Å². The summed E-state index contributed by atoms with van der Waals surface area (Å²) in [5.74, 6) is 0.807. The minimum atomic E-state index is 0.177. The summed E-state index contributed by atoms with van der Waals surface area (Å²) in [5.41, 5.74) is 0. The zero-order valence-corrected chi connectivity index (χ0v) is 12.4. The fourth-order valence-electron chi connectivity index (χ4n) is 2.43. The number of aliphatic hydroxyl groups is 1. The van der Waals surface area contributed by atoms with Crippen LogP contribution >= 0.6 is 0 Å². The van der Waals surface area contributed by atoms with Crippen LogP contribution in [0.3, 0.4) is 0 Å². The summed E-state index contributed by atoms with van der Waals surface area (Å²) in [6.45, 7) is 7.33. The van der Waals surface area contributed by atoms with Gasteiger partial charge in [0.25, 0.3) is 0 Å². The Kier molecular flexibility index (Phi) is 11.2. The molecule has 3 nitrogen and oxygen atoms in total. The van der Waals surface area contributed by atoms with Crippen LogP contribution in [0, 0.1) is 11.8 Å². The Morgan fingerprint density at radius 2 is 1.56 bits per heavy atom. The number of nitrogens with one attached hydrogen (secondary N) is 1. The van der Waals surface area contributed by atoms with Gasteiger partial charge in [-0.3, -0.25) is 4.79 Å². The van der Waals surface area contributed by atoms with Crippen molar-refractivity contribution in [3.05, 3.63) is 0 Å². The van der Waals surface area contributed by atoms with E-state index in [1.165, 1.54) is 0 Å². The molecule has 0 aliphatic rings. The molecule has 0 saturated heterocycles. The molecule has 0 rings (SSSR count). The molecule has 0 spiro atoms. The van der Waals surface area contributed by atoms with Crippen molar-refractivity contribution in [2.75, 3.05) is 13.2 Å². The summed E-state index contributed by atoms with van der Waals surface area (Å²) < 4.78 is 0. The monoisotopic (exact) mass is 257 g/mol. The maximum Gasteiger partial charge on any atom is 0.223 e. The van der Waals surface area contributed by atoms with Gasteiger partial charge >= 0.3 is 0 Å². The number of carbonyl (C=O) groups is 1. The van der Waals surface area contributed by atoms with Gasteiger partial charge in [0, 0.05) is 19.1 Å². The second-order valence-electron chi connectivity index (χ2n) is 5.19. The lowest BCUT2D eigenvalue weighted by molar-refractivity contribution is -0.125. The molecule has 0 radical (unpaired) electrons. The van der Waals surface area contributed by atoms with Crippen molar-refractivity contribution < 1.29 is 9.90 Å². The minimum Gasteiger partial charge on any atom is -0.396 e. The largest absolute Gasteiger partial charge is 0.396 e. The first-order valence-electron chi connectivity index (χ1n) is 7.58. The molecule has 1 atom stereocenters. The van der Waals surface area contributed by atoms with Crippen molar-refractivity contribution in [1.82, 2.24) is 5.32 Å². The maximum absolute atomic E-state index is 12.1. The van der Waals surface area contributed by atoms with Gasteiger partial charge in [-0.25, -0.2) is 0 Å². The lowest BCUT2D eigenvalue weighted by atomic mass is 9.96. The number of aliphatic hydroxyl groups excluding tert-OH is 1. The van der Waals surface area contributed by atoms with E-state index >= 15 is 0 Å². The Labute approximate surface area is 112 Å². The highest BCUT2D eigenvalue weighted by Gasteiger charge is 2.17. The zero-order valence-electron chi connectivity index (χ0n) is 12.4. The van der Waals surface area contributed by atoms with E-state index < -0.39 is 0 Å². The minimum absolute atomic E-state index is 0.177. The molecular weight excluding hydrogens is 226 g/mol. The Balaban J connectivity index is 4.08. The Hall–Kier alpha value is -0.570. The number of carbonyl (C=O) groups excluding carboxylic acids is 1. The van der Waals surface area contributed by atoms with Crippen molar-refractivity contribution in [3.8, 4) is 0 Å². The molecule has 18 heavy (non-hydrogen) atoms. The third-order valence-electron chi connectivity index (χ3n) is 3.44. The van der Waals surface area contributed by atoms with Crippen LogP contribution < -0.4 is 5.32 Å². The highest BCUT2D eigenvalue weighted by molar-refractivity contribution is 5.78. The summed E-state index contributed by atoms with van der Waals surface area (Å²) in [7, 11) is 0. The second-order valence-corrected chi connectivity index (χ2v) is 5.19. The van der Waals surface area contributed by atoms with E-state index in [9.17, 15) is 4.79 Å². The molecule has 0 aromatic carbocycles. The van der Waals surface area contributed by atoms with E-state index in [1.807, 2.05) is 0 Å². The topological polar surface area (TPSA) is 49.3 Å². The quantitative estimate of drug-likeness (QED) is 0.597. The molecule has 0 aliphatic heterocycles. The average Bonchev–Trinajstić information content (AvgIpc) is 2.36. The van der Waals surface area contributed by atoms with Gasteiger partial charge in [0.2, 0.25) is 5.91 Å². The molecule has 0 aromatic heterocycles. The number of rotatable bonds is 11. The van der Waals surface area contributed by atoms with E-state index in [0.717, 1.165) is 51.5 Å². The lowest BCUT2D eigenvalue weighted by Gasteiger charge is -2.19. The van der Waals surface area contributed by atoms with Crippen molar-refractivity contribution in [3.63, 3.8) is 0 Å². The Morgan fingerprint density at radius 1 is 1.00 bits per heavy atom. The second kappa shape index (κ2) is 11.5. The van der Waals surface area contributed by atoms with Crippen LogP contribution in [0.2, 0.25) is 0 Å². The Morgan fingerprint density at radius 3 is 2.00 bits per heavy atom. The predicted octanol–water partition coefficient (Wildman–Crippen LogP) is 3.12. The molecule has 108 valence electrons. The molecular formula is C15H31NO2. The van der Waals surface area contributed by atoms with E-state index in [1.54, 1.807) is 0 Å². The van der Waals surface area contributed by atoms with Gasteiger partial charge in [-0.2, -0.15) is 0 Å². The summed E-state index contributed by atoms with van der Waals surface area (Å²) in [6.07, 6.45) is 7.07. The van der Waals surface area contributed by atoms with Crippen molar-refractivity contribution in [1.29, 1.82) is 0 Å². The van der Waals surface area contributed by atoms with E-state index in [0.29, 0.717) is 5.92 Å². The van der Waals surface area contributed by atoms with Crippen molar-refractivity contribution in [2.24, 2.45) is 11.8 Å². The highest BCUT2D eigenvalue weighted by Crippen LogP contribution is 2.15. The molecule has 0 fully saturated rings. The highest BCUT2D eigenvalue weighted by atomic mass is 16.3. The van der Waals surface area contributed by atoms with E-state index in [2.05, 4.69) is 26.1 Å². The van der Waals surface area contributed by atoms with Gasteiger partial charge in [0.1, 0.15) is 0 Å². The van der Waals surface area contributed by atoms with Crippen LogP contribution in [-0.4, -0.2) is 24.2 Å². The van der Waals surface area contributed by atoms with Crippen LogP contribution in [0.15, 0.2) is 0 Å². The fourth-order valence-corrected chi connectivity index (χ4v) is 2.43. The van der Waals surface area contributed by atoms with Gasteiger partial charge in [0.15, 0.2) is 0 Å². The maximum atomic E-state index is 12.1. The van der Waals surface area contributed by atoms with Crippen LogP contribution in [0.25, 0.3) is 0 Å². The van der Waals surface area contributed by atoms with Gasteiger partial charge in [-0.15, -0.1) is 0 Å². The Bertz CT molecular complexity index is 195. The molecule has 1 unspecified atom stereocenters. The molecule has 0 aromatic rings. The molecule has 0 heterocycles. The average molecular weight is 257 g/mol. The molecule has 2 N–H and O–H groups in total. The zero-order chi connectivity index (χ0) is 13.8. The molecule has 0 aliphatic carbocycles.